The van der Waals surface area contributed by atoms with Crippen LogP contribution < -0.4 is 0 Å². The number of rotatable bonds is 5. The van der Waals surface area contributed by atoms with Crippen LogP contribution in [0.1, 0.15) is 30.1 Å². The van der Waals surface area contributed by atoms with Gasteiger partial charge in [0.25, 0.3) is 0 Å². The smallest absolute Gasteiger partial charge is 0.191 e. The highest BCUT2D eigenvalue weighted by Gasteiger charge is 2.24. The molecule has 1 fully saturated rings. The van der Waals surface area contributed by atoms with Gasteiger partial charge in [0.1, 0.15) is 6.10 Å². The van der Waals surface area contributed by atoms with Crippen LogP contribution in [0.3, 0.4) is 0 Å². The standard InChI is InChI=1S/C13H15ClO2/c1-9(16-8-10-5-6-10)13(15)11-3-2-4-12(14)7-11/h2-4,7,9-10H,5-6,8H2,1H3. The van der Waals surface area contributed by atoms with Crippen molar-refractivity contribution in [2.45, 2.75) is 25.9 Å². The van der Waals surface area contributed by atoms with Crippen LogP contribution in [0, 0.1) is 5.92 Å². The molecule has 0 saturated heterocycles. The highest BCUT2D eigenvalue weighted by atomic mass is 35.5. The van der Waals surface area contributed by atoms with Crippen molar-refractivity contribution in [3.63, 3.8) is 0 Å². The van der Waals surface area contributed by atoms with Gasteiger partial charge < -0.3 is 4.74 Å². The molecule has 0 amide bonds. The van der Waals surface area contributed by atoms with Crippen molar-refractivity contribution in [1.82, 2.24) is 0 Å². The molecule has 3 heteroatoms. The van der Waals surface area contributed by atoms with E-state index in [1.165, 1.54) is 12.8 Å². The maximum absolute atomic E-state index is 11.9. The molecule has 1 saturated carbocycles. The van der Waals surface area contributed by atoms with Crippen molar-refractivity contribution in [3.8, 4) is 0 Å². The van der Waals surface area contributed by atoms with E-state index in [0.29, 0.717) is 23.1 Å². The Bertz CT molecular complexity index is 385. The zero-order valence-corrected chi connectivity index (χ0v) is 10.0. The van der Waals surface area contributed by atoms with Crippen molar-refractivity contribution in [3.05, 3.63) is 34.9 Å². The van der Waals surface area contributed by atoms with Crippen LogP contribution in [0.4, 0.5) is 0 Å². The van der Waals surface area contributed by atoms with E-state index in [2.05, 4.69) is 0 Å². The lowest BCUT2D eigenvalue weighted by atomic mass is 10.1. The van der Waals surface area contributed by atoms with E-state index < -0.39 is 0 Å². The summed E-state index contributed by atoms with van der Waals surface area (Å²) in [6.45, 7) is 2.50. The molecule has 0 aliphatic heterocycles. The Hall–Kier alpha value is -0.860. The van der Waals surface area contributed by atoms with Gasteiger partial charge in [0.05, 0.1) is 6.61 Å². The van der Waals surface area contributed by atoms with Gasteiger partial charge in [-0.15, -0.1) is 0 Å². The number of carbonyl (C=O) groups is 1. The third-order valence-corrected chi connectivity index (χ3v) is 2.99. The van der Waals surface area contributed by atoms with Gasteiger partial charge in [-0.3, -0.25) is 4.79 Å². The maximum Gasteiger partial charge on any atom is 0.191 e. The lowest BCUT2D eigenvalue weighted by Crippen LogP contribution is -2.21. The van der Waals surface area contributed by atoms with E-state index in [4.69, 9.17) is 16.3 Å². The number of benzene rings is 1. The Morgan fingerprint density at radius 2 is 2.31 bits per heavy atom. The largest absolute Gasteiger partial charge is 0.370 e. The average Bonchev–Trinajstić information content (AvgIpc) is 3.08. The van der Waals surface area contributed by atoms with Gasteiger partial charge in [-0.2, -0.15) is 0 Å². The number of ketones is 1. The van der Waals surface area contributed by atoms with E-state index in [-0.39, 0.29) is 11.9 Å². The summed E-state index contributed by atoms with van der Waals surface area (Å²) >= 11 is 5.84. The summed E-state index contributed by atoms with van der Waals surface area (Å²) in [5.74, 6) is 0.678. The fourth-order valence-corrected chi connectivity index (χ4v) is 1.71. The minimum atomic E-state index is -0.376. The molecule has 2 rings (SSSR count). The zero-order chi connectivity index (χ0) is 11.5. The lowest BCUT2D eigenvalue weighted by Gasteiger charge is -2.11. The fourth-order valence-electron chi connectivity index (χ4n) is 1.52. The highest BCUT2D eigenvalue weighted by Crippen LogP contribution is 2.29. The number of ether oxygens (including phenoxy) is 1. The van der Waals surface area contributed by atoms with Crippen molar-refractivity contribution >= 4 is 17.4 Å². The van der Waals surface area contributed by atoms with E-state index in [1.807, 2.05) is 0 Å². The van der Waals surface area contributed by atoms with Crippen LogP contribution in [0.5, 0.6) is 0 Å². The summed E-state index contributed by atoms with van der Waals surface area (Å²) < 4.78 is 5.53. The summed E-state index contributed by atoms with van der Waals surface area (Å²) in [6.07, 6.45) is 2.09. The topological polar surface area (TPSA) is 26.3 Å². The molecule has 1 aliphatic rings. The second kappa shape index (κ2) is 4.98. The average molecular weight is 239 g/mol. The minimum Gasteiger partial charge on any atom is -0.370 e. The van der Waals surface area contributed by atoms with E-state index >= 15 is 0 Å². The molecule has 1 aromatic rings. The number of hydrogen-bond donors (Lipinski definition) is 0. The van der Waals surface area contributed by atoms with Gasteiger partial charge in [0.2, 0.25) is 0 Å². The zero-order valence-electron chi connectivity index (χ0n) is 9.28. The molecule has 0 spiro atoms. The Kier molecular flexibility index (Phi) is 3.62. The quantitative estimate of drug-likeness (QED) is 0.736. The Morgan fingerprint density at radius 1 is 1.56 bits per heavy atom. The SMILES string of the molecule is CC(OCC1CC1)C(=O)c1cccc(Cl)c1. The predicted molar refractivity (Wildman–Crippen MR) is 63.9 cm³/mol. The van der Waals surface area contributed by atoms with Crippen LogP contribution in [0.2, 0.25) is 5.02 Å². The van der Waals surface area contributed by atoms with Gasteiger partial charge in [0, 0.05) is 10.6 Å². The number of carbonyl (C=O) groups excluding carboxylic acids is 1. The van der Waals surface area contributed by atoms with Crippen molar-refractivity contribution < 1.29 is 9.53 Å². The van der Waals surface area contributed by atoms with E-state index in [0.717, 1.165) is 0 Å². The summed E-state index contributed by atoms with van der Waals surface area (Å²) in [4.78, 5) is 11.9. The van der Waals surface area contributed by atoms with Crippen molar-refractivity contribution in [1.29, 1.82) is 0 Å². The van der Waals surface area contributed by atoms with Gasteiger partial charge in [0.15, 0.2) is 5.78 Å². The third kappa shape index (κ3) is 3.06. The summed E-state index contributed by atoms with van der Waals surface area (Å²) in [5, 5.41) is 0.584. The van der Waals surface area contributed by atoms with Crippen LogP contribution >= 0.6 is 11.6 Å². The van der Waals surface area contributed by atoms with Gasteiger partial charge in [-0.25, -0.2) is 0 Å². The molecule has 16 heavy (non-hydrogen) atoms. The maximum atomic E-state index is 11.9. The first-order valence-electron chi connectivity index (χ1n) is 5.58. The third-order valence-electron chi connectivity index (χ3n) is 2.76. The fraction of sp³-hybridized carbons (Fsp3) is 0.462. The lowest BCUT2D eigenvalue weighted by molar-refractivity contribution is 0.0441. The van der Waals surface area contributed by atoms with Crippen LogP contribution in [0.25, 0.3) is 0 Å². The first-order valence-corrected chi connectivity index (χ1v) is 5.96. The van der Waals surface area contributed by atoms with Crippen molar-refractivity contribution in [2.75, 3.05) is 6.61 Å². The molecule has 1 aromatic carbocycles. The van der Waals surface area contributed by atoms with E-state index in [9.17, 15) is 4.79 Å². The molecule has 0 bridgehead atoms. The number of halogens is 1. The Morgan fingerprint density at radius 3 is 2.94 bits per heavy atom. The second-order valence-corrected chi connectivity index (χ2v) is 4.73. The van der Waals surface area contributed by atoms with Gasteiger partial charge in [-0.05, 0) is 37.8 Å². The highest BCUT2D eigenvalue weighted by molar-refractivity contribution is 6.31. The number of Topliss-reactive ketones (excluding diaryl/α,β-unsaturated/α-hetero) is 1. The molecular weight excluding hydrogens is 224 g/mol. The monoisotopic (exact) mass is 238 g/mol. The molecule has 2 nitrogen and oxygen atoms in total. The van der Waals surface area contributed by atoms with E-state index in [1.54, 1.807) is 31.2 Å². The second-order valence-electron chi connectivity index (χ2n) is 4.29. The van der Waals surface area contributed by atoms with Crippen LogP contribution in [0.15, 0.2) is 24.3 Å². The molecule has 0 N–H and O–H groups in total. The molecule has 1 unspecified atom stereocenters. The van der Waals surface area contributed by atoms with Crippen molar-refractivity contribution in [2.24, 2.45) is 5.92 Å². The summed E-state index contributed by atoms with van der Waals surface area (Å²) in [5.41, 5.74) is 0.621. The molecule has 1 aliphatic carbocycles. The number of hydrogen-bond acceptors (Lipinski definition) is 2. The molecule has 86 valence electrons. The summed E-state index contributed by atoms with van der Waals surface area (Å²) in [6, 6.07) is 6.99. The molecular formula is C13H15ClO2. The minimum absolute atomic E-state index is 0.00292. The Balaban J connectivity index is 1.94. The van der Waals surface area contributed by atoms with Crippen LogP contribution in [-0.4, -0.2) is 18.5 Å². The molecule has 0 radical (unpaired) electrons. The molecule has 0 heterocycles. The normalized spacial score (nSPS) is 17.1. The predicted octanol–water partition coefficient (Wildman–Crippen LogP) is 3.34. The molecule has 0 aromatic heterocycles. The van der Waals surface area contributed by atoms with Crippen LogP contribution in [-0.2, 0) is 4.74 Å². The first-order chi connectivity index (χ1) is 7.66. The Labute approximate surface area is 101 Å². The van der Waals surface area contributed by atoms with Gasteiger partial charge >= 0.3 is 0 Å². The van der Waals surface area contributed by atoms with Gasteiger partial charge in [-0.1, -0.05) is 23.7 Å². The molecule has 1 atom stereocenters. The first kappa shape index (κ1) is 11.6. The summed E-state index contributed by atoms with van der Waals surface area (Å²) in [7, 11) is 0.